The van der Waals surface area contributed by atoms with E-state index < -0.39 is 0 Å². The molecule has 5 nitrogen and oxygen atoms in total. The number of aliphatic imine (C=N–C) groups is 1. The molecule has 0 saturated carbocycles. The van der Waals surface area contributed by atoms with Crippen LogP contribution >= 0.6 is 0 Å². The Kier molecular flexibility index (Phi) is 7.09. The fourth-order valence-corrected chi connectivity index (χ4v) is 3.15. The molecule has 24 heavy (non-hydrogen) atoms. The van der Waals surface area contributed by atoms with Gasteiger partial charge in [-0.2, -0.15) is 0 Å². The number of nitrogens with one attached hydrogen (secondary N) is 2. The topological polar surface area (TPSA) is 56.7 Å². The molecule has 0 aromatic heterocycles. The first-order valence-electron chi connectivity index (χ1n) is 8.87. The van der Waals surface area contributed by atoms with Gasteiger partial charge in [0.25, 0.3) is 0 Å². The summed E-state index contributed by atoms with van der Waals surface area (Å²) in [6, 6.07) is 10.8. The summed E-state index contributed by atoms with van der Waals surface area (Å²) in [5, 5.41) is 6.22. The van der Waals surface area contributed by atoms with Gasteiger partial charge in [0, 0.05) is 39.1 Å². The Balaban J connectivity index is 1.75. The number of amides is 1. The Hall–Kier alpha value is -2.04. The van der Waals surface area contributed by atoms with E-state index in [9.17, 15) is 4.79 Å². The lowest BCUT2D eigenvalue weighted by Crippen LogP contribution is -2.42. The van der Waals surface area contributed by atoms with Gasteiger partial charge in [0.15, 0.2) is 5.96 Å². The molecule has 1 unspecified atom stereocenters. The Morgan fingerprint density at radius 1 is 1.33 bits per heavy atom. The third kappa shape index (κ3) is 5.87. The Bertz CT molecular complexity index is 542. The lowest BCUT2D eigenvalue weighted by Gasteiger charge is -2.22. The van der Waals surface area contributed by atoms with Gasteiger partial charge in [0.1, 0.15) is 0 Å². The summed E-state index contributed by atoms with van der Waals surface area (Å²) < 4.78 is 0. The van der Waals surface area contributed by atoms with Crippen molar-refractivity contribution in [2.24, 2.45) is 10.9 Å². The zero-order valence-electron chi connectivity index (χ0n) is 15.1. The average Bonchev–Trinajstić information content (AvgIpc) is 3.00. The first-order chi connectivity index (χ1) is 11.6. The van der Waals surface area contributed by atoms with E-state index in [2.05, 4.69) is 50.9 Å². The molecule has 2 rings (SSSR count). The van der Waals surface area contributed by atoms with Gasteiger partial charge in [-0.3, -0.25) is 9.79 Å². The molecule has 1 atom stereocenters. The summed E-state index contributed by atoms with van der Waals surface area (Å²) >= 11 is 0. The van der Waals surface area contributed by atoms with Crippen LogP contribution in [0.1, 0.15) is 32.3 Å². The molecule has 0 bridgehead atoms. The number of rotatable bonds is 6. The van der Waals surface area contributed by atoms with E-state index in [0.29, 0.717) is 18.9 Å². The molecule has 1 saturated heterocycles. The van der Waals surface area contributed by atoms with Crippen molar-refractivity contribution in [3.63, 3.8) is 0 Å². The van der Waals surface area contributed by atoms with Crippen LogP contribution in [0.25, 0.3) is 0 Å². The first-order valence-corrected chi connectivity index (χ1v) is 8.87. The molecule has 1 heterocycles. The van der Waals surface area contributed by atoms with Crippen LogP contribution in [0.15, 0.2) is 35.3 Å². The van der Waals surface area contributed by atoms with E-state index in [4.69, 9.17) is 0 Å². The van der Waals surface area contributed by atoms with Gasteiger partial charge in [-0.1, -0.05) is 30.3 Å². The number of likely N-dealkylation sites (tertiary alicyclic amines) is 1. The number of carbonyl (C=O) groups is 1. The minimum Gasteiger partial charge on any atom is -0.356 e. The summed E-state index contributed by atoms with van der Waals surface area (Å²) in [6.07, 6.45) is 2.77. The third-order valence-corrected chi connectivity index (χ3v) is 4.25. The number of benzene rings is 1. The molecule has 0 radical (unpaired) electrons. The third-order valence-electron chi connectivity index (χ3n) is 4.25. The molecule has 132 valence electrons. The Morgan fingerprint density at radius 3 is 2.75 bits per heavy atom. The molecule has 0 aliphatic carbocycles. The van der Waals surface area contributed by atoms with Crippen molar-refractivity contribution >= 4 is 11.9 Å². The number of nitrogens with zero attached hydrogens (tertiary/aromatic N) is 2. The summed E-state index contributed by atoms with van der Waals surface area (Å²) in [4.78, 5) is 18.4. The molecular formula is C19H30N4O. The van der Waals surface area contributed by atoms with Gasteiger partial charge in [-0.25, -0.2) is 0 Å². The van der Waals surface area contributed by atoms with Crippen LogP contribution in [0, 0.1) is 5.92 Å². The predicted octanol–water partition coefficient (Wildman–Crippen LogP) is 2.04. The van der Waals surface area contributed by atoms with Crippen molar-refractivity contribution in [3.8, 4) is 0 Å². The maximum Gasteiger partial charge on any atom is 0.221 e. The number of carbonyl (C=O) groups excluding carboxylic acids is 1. The lowest BCUT2D eigenvalue weighted by atomic mass is 9.99. The highest BCUT2D eigenvalue weighted by Crippen LogP contribution is 2.20. The van der Waals surface area contributed by atoms with Crippen LogP contribution in [0.3, 0.4) is 0 Å². The van der Waals surface area contributed by atoms with Crippen LogP contribution in [0.5, 0.6) is 0 Å². The molecular weight excluding hydrogens is 300 g/mol. The summed E-state index contributed by atoms with van der Waals surface area (Å²) in [5.41, 5.74) is 1.40. The maximum absolute atomic E-state index is 11.7. The van der Waals surface area contributed by atoms with Gasteiger partial charge in [0.2, 0.25) is 5.91 Å². The van der Waals surface area contributed by atoms with Crippen LogP contribution < -0.4 is 10.6 Å². The Labute approximate surface area is 145 Å². The van der Waals surface area contributed by atoms with Crippen molar-refractivity contribution in [1.29, 1.82) is 0 Å². The smallest absolute Gasteiger partial charge is 0.221 e. The van der Waals surface area contributed by atoms with Crippen LogP contribution in [-0.2, 0) is 11.2 Å². The minimum absolute atomic E-state index is 0.0799. The highest BCUT2D eigenvalue weighted by atomic mass is 16.1. The summed E-state index contributed by atoms with van der Waals surface area (Å²) in [7, 11) is 1.81. The van der Waals surface area contributed by atoms with Crippen molar-refractivity contribution in [1.82, 2.24) is 15.5 Å². The van der Waals surface area contributed by atoms with E-state index in [-0.39, 0.29) is 11.9 Å². The number of guanidine groups is 1. The maximum atomic E-state index is 11.7. The van der Waals surface area contributed by atoms with E-state index in [1.54, 1.807) is 7.05 Å². The van der Waals surface area contributed by atoms with Gasteiger partial charge in [-0.15, -0.1) is 0 Å². The molecule has 1 aromatic carbocycles. The summed E-state index contributed by atoms with van der Waals surface area (Å²) in [6.45, 7) is 6.61. The summed E-state index contributed by atoms with van der Waals surface area (Å²) in [5.74, 6) is 1.65. The highest BCUT2D eigenvalue weighted by molar-refractivity contribution is 5.81. The largest absolute Gasteiger partial charge is 0.356 e. The van der Waals surface area contributed by atoms with Gasteiger partial charge >= 0.3 is 0 Å². The van der Waals surface area contributed by atoms with Gasteiger partial charge in [0.05, 0.1) is 0 Å². The fourth-order valence-electron chi connectivity index (χ4n) is 3.15. The second kappa shape index (κ2) is 9.30. The van der Waals surface area contributed by atoms with Crippen molar-refractivity contribution in [2.45, 2.75) is 39.2 Å². The second-order valence-corrected chi connectivity index (χ2v) is 6.74. The van der Waals surface area contributed by atoms with E-state index in [1.165, 1.54) is 12.0 Å². The number of hydrogen-bond donors (Lipinski definition) is 2. The fraction of sp³-hybridized carbons (Fsp3) is 0.579. The molecule has 5 heteroatoms. The van der Waals surface area contributed by atoms with Crippen molar-refractivity contribution < 1.29 is 4.79 Å². The molecule has 1 aliphatic rings. The lowest BCUT2D eigenvalue weighted by molar-refractivity contribution is -0.121. The molecule has 1 aromatic rings. The highest BCUT2D eigenvalue weighted by Gasteiger charge is 2.24. The molecule has 1 aliphatic heterocycles. The van der Waals surface area contributed by atoms with E-state index in [1.807, 2.05) is 13.8 Å². The predicted molar refractivity (Wildman–Crippen MR) is 99.1 cm³/mol. The van der Waals surface area contributed by atoms with Crippen molar-refractivity contribution in [3.05, 3.63) is 35.9 Å². The monoisotopic (exact) mass is 330 g/mol. The minimum atomic E-state index is 0.0799. The quantitative estimate of drug-likeness (QED) is 0.620. The standard InChI is InChI=1S/C19H30N4O/c1-15(2)22-18(24)9-11-21-19(20-3)23-12-10-17(14-23)13-16-7-5-4-6-8-16/h4-8,15,17H,9-14H2,1-3H3,(H,20,21)(H,22,24). The Morgan fingerprint density at radius 2 is 2.08 bits per heavy atom. The second-order valence-electron chi connectivity index (χ2n) is 6.74. The van der Waals surface area contributed by atoms with Gasteiger partial charge in [-0.05, 0) is 38.2 Å². The molecule has 2 N–H and O–H groups in total. The zero-order chi connectivity index (χ0) is 17.4. The molecule has 1 amide bonds. The normalized spacial score (nSPS) is 18.1. The zero-order valence-corrected chi connectivity index (χ0v) is 15.1. The van der Waals surface area contributed by atoms with Crippen LogP contribution in [0.2, 0.25) is 0 Å². The molecule has 1 fully saturated rings. The SMILES string of the molecule is CN=C(NCCC(=O)NC(C)C)N1CCC(Cc2ccccc2)C1. The average molecular weight is 330 g/mol. The first kappa shape index (κ1) is 18.3. The van der Waals surface area contributed by atoms with E-state index in [0.717, 1.165) is 25.5 Å². The molecule has 0 spiro atoms. The van der Waals surface area contributed by atoms with Gasteiger partial charge < -0.3 is 15.5 Å². The number of hydrogen-bond acceptors (Lipinski definition) is 2. The van der Waals surface area contributed by atoms with E-state index >= 15 is 0 Å². The van der Waals surface area contributed by atoms with Crippen molar-refractivity contribution in [2.75, 3.05) is 26.7 Å². The van der Waals surface area contributed by atoms with Crippen LogP contribution in [-0.4, -0.2) is 49.5 Å². The van der Waals surface area contributed by atoms with Crippen LogP contribution in [0.4, 0.5) is 0 Å².